The highest BCUT2D eigenvalue weighted by Crippen LogP contribution is 2.27. The van der Waals surface area contributed by atoms with Gasteiger partial charge in [-0.25, -0.2) is 5.43 Å². The molecule has 0 heterocycles. The molecule has 0 aliphatic carbocycles. The van der Waals surface area contributed by atoms with E-state index in [4.69, 9.17) is 44.3 Å². The Morgan fingerprint density at radius 3 is 2.48 bits per heavy atom. The van der Waals surface area contributed by atoms with E-state index in [1.165, 1.54) is 18.3 Å². The standard InChI is InChI=1S/C23H18Cl3N3O4/c1-32-20-9-6-14(10-15(20)13-33-21-5-3-2-4-18(21)26)12-27-29-23(31)22(30)28-19-11-16(24)7-8-17(19)25/h2-12H,13H2,1H3,(H,28,30)(H,29,31)/b27-12+. The average molecular weight is 507 g/mol. The number of carbonyl (C=O) groups is 2. The Bertz CT molecular complexity index is 1200. The van der Waals surface area contributed by atoms with Gasteiger partial charge in [-0.2, -0.15) is 5.10 Å². The van der Waals surface area contributed by atoms with Gasteiger partial charge in [0.15, 0.2) is 0 Å². The van der Waals surface area contributed by atoms with Crippen molar-refractivity contribution >= 4 is 58.5 Å². The van der Waals surface area contributed by atoms with Crippen LogP contribution in [0.2, 0.25) is 15.1 Å². The van der Waals surface area contributed by atoms with Gasteiger partial charge < -0.3 is 14.8 Å². The SMILES string of the molecule is COc1ccc(/C=N/NC(=O)C(=O)Nc2cc(Cl)ccc2Cl)cc1COc1ccccc1Cl. The van der Waals surface area contributed by atoms with Gasteiger partial charge in [0.2, 0.25) is 0 Å². The van der Waals surface area contributed by atoms with Crippen LogP contribution in [0.15, 0.2) is 65.8 Å². The lowest BCUT2D eigenvalue weighted by Gasteiger charge is -2.12. The molecule has 0 fully saturated rings. The summed E-state index contributed by atoms with van der Waals surface area (Å²) in [6.45, 7) is 0.198. The normalized spacial score (nSPS) is 10.7. The lowest BCUT2D eigenvalue weighted by molar-refractivity contribution is -0.136. The number of amides is 2. The van der Waals surface area contributed by atoms with Gasteiger partial charge in [-0.05, 0) is 54.1 Å². The summed E-state index contributed by atoms with van der Waals surface area (Å²) in [6.07, 6.45) is 1.38. The highest BCUT2D eigenvalue weighted by atomic mass is 35.5. The fraction of sp³-hybridized carbons (Fsp3) is 0.0870. The maximum absolute atomic E-state index is 12.1. The molecule has 0 aromatic heterocycles. The van der Waals surface area contributed by atoms with E-state index in [1.54, 1.807) is 43.5 Å². The number of ether oxygens (including phenoxy) is 2. The van der Waals surface area contributed by atoms with Crippen LogP contribution in [0, 0.1) is 0 Å². The zero-order valence-electron chi connectivity index (χ0n) is 17.3. The number of carbonyl (C=O) groups excluding carboxylic acids is 2. The van der Waals surface area contributed by atoms with E-state index in [0.29, 0.717) is 27.1 Å². The Hall–Kier alpha value is -3.26. The zero-order chi connectivity index (χ0) is 23.8. The molecule has 0 atom stereocenters. The third kappa shape index (κ3) is 6.86. The molecule has 2 N–H and O–H groups in total. The first-order chi connectivity index (χ1) is 15.9. The smallest absolute Gasteiger partial charge is 0.329 e. The summed E-state index contributed by atoms with van der Waals surface area (Å²) >= 11 is 18.0. The van der Waals surface area contributed by atoms with Crippen LogP contribution in [0.4, 0.5) is 5.69 Å². The van der Waals surface area contributed by atoms with Crippen LogP contribution in [0.25, 0.3) is 0 Å². The third-order valence-electron chi connectivity index (χ3n) is 4.29. The van der Waals surface area contributed by atoms with Crippen molar-refractivity contribution in [3.05, 3.63) is 86.9 Å². The zero-order valence-corrected chi connectivity index (χ0v) is 19.5. The molecule has 3 aromatic carbocycles. The molecule has 170 valence electrons. The van der Waals surface area contributed by atoms with Crippen molar-refractivity contribution in [3.63, 3.8) is 0 Å². The summed E-state index contributed by atoms with van der Waals surface area (Å²) in [4.78, 5) is 24.1. The van der Waals surface area contributed by atoms with Crippen molar-refractivity contribution in [2.24, 2.45) is 5.10 Å². The van der Waals surface area contributed by atoms with E-state index < -0.39 is 11.8 Å². The molecule has 10 heteroatoms. The molecule has 33 heavy (non-hydrogen) atoms. The molecule has 2 amide bonds. The predicted octanol–water partition coefficient (Wildman–Crippen LogP) is 5.32. The van der Waals surface area contributed by atoms with Crippen LogP contribution in [0.1, 0.15) is 11.1 Å². The van der Waals surface area contributed by atoms with Crippen molar-refractivity contribution < 1.29 is 19.1 Å². The van der Waals surface area contributed by atoms with E-state index in [0.717, 1.165) is 5.56 Å². The minimum atomic E-state index is -0.974. The molecule has 0 unspecified atom stereocenters. The second-order valence-corrected chi connectivity index (χ2v) is 7.82. The van der Waals surface area contributed by atoms with Gasteiger partial charge in [0.25, 0.3) is 0 Å². The van der Waals surface area contributed by atoms with Crippen molar-refractivity contribution in [2.75, 3.05) is 12.4 Å². The number of anilines is 1. The van der Waals surface area contributed by atoms with Crippen molar-refractivity contribution in [1.29, 1.82) is 0 Å². The Morgan fingerprint density at radius 2 is 1.73 bits per heavy atom. The molecule has 0 saturated heterocycles. The fourth-order valence-electron chi connectivity index (χ4n) is 2.70. The Kier molecular flexibility index (Phi) is 8.54. The summed E-state index contributed by atoms with van der Waals surface area (Å²) in [5.41, 5.74) is 3.76. The summed E-state index contributed by atoms with van der Waals surface area (Å²) in [7, 11) is 1.55. The van der Waals surface area contributed by atoms with Gasteiger partial charge in [0.1, 0.15) is 18.1 Å². The highest BCUT2D eigenvalue weighted by molar-refractivity contribution is 6.42. The van der Waals surface area contributed by atoms with Crippen LogP contribution in [0.3, 0.4) is 0 Å². The summed E-state index contributed by atoms with van der Waals surface area (Å²) < 4.78 is 11.1. The number of para-hydroxylation sites is 1. The number of benzene rings is 3. The van der Waals surface area contributed by atoms with Crippen molar-refractivity contribution in [2.45, 2.75) is 6.61 Å². The fourth-order valence-corrected chi connectivity index (χ4v) is 3.22. The minimum Gasteiger partial charge on any atom is -0.496 e. The largest absolute Gasteiger partial charge is 0.496 e. The third-order valence-corrected chi connectivity index (χ3v) is 5.16. The van der Waals surface area contributed by atoms with Crippen LogP contribution >= 0.6 is 34.8 Å². The first-order valence-corrected chi connectivity index (χ1v) is 10.6. The molecule has 0 saturated carbocycles. The molecule has 0 aliphatic rings. The molecule has 0 spiro atoms. The topological polar surface area (TPSA) is 89.0 Å². The summed E-state index contributed by atoms with van der Waals surface area (Å²) in [6, 6.07) is 16.9. The first-order valence-electron chi connectivity index (χ1n) is 9.51. The van der Waals surface area contributed by atoms with Crippen LogP contribution in [0.5, 0.6) is 11.5 Å². The highest BCUT2D eigenvalue weighted by Gasteiger charge is 2.15. The quantitative estimate of drug-likeness (QED) is 0.258. The van der Waals surface area contributed by atoms with Gasteiger partial charge >= 0.3 is 11.8 Å². The number of rotatable bonds is 7. The first kappa shape index (κ1) is 24.4. The molecule has 0 radical (unpaired) electrons. The average Bonchev–Trinajstić information content (AvgIpc) is 2.81. The Morgan fingerprint density at radius 1 is 0.939 bits per heavy atom. The number of hydrazone groups is 1. The summed E-state index contributed by atoms with van der Waals surface area (Å²) in [5.74, 6) is -0.766. The maximum Gasteiger partial charge on any atom is 0.329 e. The number of halogens is 3. The van der Waals surface area contributed by atoms with Gasteiger partial charge in [0, 0.05) is 10.6 Å². The molecule has 0 bridgehead atoms. The van der Waals surface area contributed by atoms with E-state index in [1.807, 2.05) is 12.1 Å². The molecule has 3 aromatic rings. The number of hydrogen-bond donors (Lipinski definition) is 2. The number of hydrogen-bond acceptors (Lipinski definition) is 5. The van der Waals surface area contributed by atoms with Crippen molar-refractivity contribution in [1.82, 2.24) is 5.43 Å². The number of methoxy groups -OCH3 is 1. The van der Waals surface area contributed by atoms with E-state index in [9.17, 15) is 9.59 Å². The van der Waals surface area contributed by atoms with Crippen LogP contribution in [-0.2, 0) is 16.2 Å². The Labute approximate surface area is 205 Å². The summed E-state index contributed by atoms with van der Waals surface area (Å²) in [5, 5.41) is 7.30. The van der Waals surface area contributed by atoms with Crippen molar-refractivity contribution in [3.8, 4) is 11.5 Å². The maximum atomic E-state index is 12.1. The van der Waals surface area contributed by atoms with E-state index >= 15 is 0 Å². The molecule has 3 rings (SSSR count). The lowest BCUT2D eigenvalue weighted by atomic mass is 10.1. The second kappa shape index (κ2) is 11.6. The molecule has 7 nitrogen and oxygen atoms in total. The van der Waals surface area contributed by atoms with Crippen LogP contribution in [-0.4, -0.2) is 25.1 Å². The number of nitrogens with zero attached hydrogens (tertiary/aromatic N) is 1. The van der Waals surface area contributed by atoms with Gasteiger partial charge in [-0.15, -0.1) is 0 Å². The van der Waals surface area contributed by atoms with E-state index in [2.05, 4.69) is 15.8 Å². The number of nitrogens with one attached hydrogen (secondary N) is 2. The molecular weight excluding hydrogens is 489 g/mol. The minimum absolute atomic E-state index is 0.198. The van der Waals surface area contributed by atoms with Crippen LogP contribution < -0.4 is 20.2 Å². The predicted molar refractivity (Wildman–Crippen MR) is 130 cm³/mol. The molecular formula is C23H18Cl3N3O4. The van der Waals surface area contributed by atoms with E-state index in [-0.39, 0.29) is 17.3 Å². The van der Waals surface area contributed by atoms with Gasteiger partial charge in [0.05, 0.1) is 29.1 Å². The lowest BCUT2D eigenvalue weighted by Crippen LogP contribution is -2.32. The van der Waals surface area contributed by atoms with Gasteiger partial charge in [-0.3, -0.25) is 9.59 Å². The monoisotopic (exact) mass is 505 g/mol. The Balaban J connectivity index is 1.62. The second-order valence-electron chi connectivity index (χ2n) is 6.57. The van der Waals surface area contributed by atoms with Gasteiger partial charge in [-0.1, -0.05) is 46.9 Å². The molecule has 0 aliphatic heterocycles.